The van der Waals surface area contributed by atoms with Crippen molar-refractivity contribution in [2.75, 3.05) is 0 Å². The van der Waals surface area contributed by atoms with Gasteiger partial charge in [-0.2, -0.15) is 0 Å². The van der Waals surface area contributed by atoms with Crippen molar-refractivity contribution in [3.05, 3.63) is 0 Å². The molecule has 0 saturated heterocycles. The normalized spacial score (nSPS) is 1.75. The first-order chi connectivity index (χ1) is 2.00. The van der Waals surface area contributed by atoms with E-state index < -0.39 is 0 Å². The first-order valence-electron chi connectivity index (χ1n) is 0.471. The van der Waals surface area contributed by atoms with Crippen LogP contribution in [0.4, 0.5) is 0 Å². The van der Waals surface area contributed by atoms with Gasteiger partial charge in [-0.05, 0) is 0 Å². The van der Waals surface area contributed by atoms with Gasteiger partial charge in [0.2, 0.25) is 0 Å². The van der Waals surface area contributed by atoms with E-state index in [0.717, 1.165) is 0 Å². The van der Waals surface area contributed by atoms with E-state index in [2.05, 4.69) is 0 Å². The number of hydrogen-bond acceptors (Lipinski definition) is 2. The molecule has 0 heterocycles. The zero-order valence-electron chi connectivity index (χ0n) is 1.97. The molecule has 0 unspecified atom stereocenters. The molecule has 0 bridgehead atoms. The zero-order chi connectivity index (χ0) is 4.00. The molecule has 23 valence electrons. The van der Waals surface area contributed by atoms with Crippen LogP contribution in [0.2, 0.25) is 0 Å². The van der Waals surface area contributed by atoms with Gasteiger partial charge in [-0.25, -0.2) is 0 Å². The first-order valence-corrected chi connectivity index (χ1v) is 1.37. The molecule has 0 aromatic heterocycles. The molecule has 0 radical (unpaired) electrons. The Morgan fingerprint density at radius 2 is 1.25 bits per heavy atom. The number of rotatable bonds is 0. The number of carbonyl (C=O) groups is 1. The molecule has 0 amide bonds. The molecule has 4 heavy (non-hydrogen) atoms. The molecule has 2 nitrogen and oxygen atoms in total. The monoisotopic (exact) mass is 139 g/mol. The predicted octanol–water partition coefficient (Wildman–Crippen LogP) is -0.306. The summed E-state index contributed by atoms with van der Waals surface area (Å²) in [6.45, 7) is 2.00. The Kier molecular flexibility index (Phi) is 788. The Balaban J connectivity index is 0. The van der Waals surface area contributed by atoms with Gasteiger partial charge >= 0.3 is 24.3 Å². The SMILES string of the molecule is C=O.[O]=[Nb]. The van der Waals surface area contributed by atoms with Gasteiger partial charge in [0.05, 0.1) is 0 Å². The maximum absolute atomic E-state index is 8.30. The Hall–Kier alpha value is 0.210. The van der Waals surface area contributed by atoms with Gasteiger partial charge in [0.25, 0.3) is 0 Å². The van der Waals surface area contributed by atoms with Crippen molar-refractivity contribution in [1.29, 1.82) is 0 Å². The fraction of sp³-hybridized carbons (Fsp3) is 0. The third-order valence-corrected chi connectivity index (χ3v) is 0. The van der Waals surface area contributed by atoms with Crippen molar-refractivity contribution in [1.82, 2.24) is 0 Å². The summed E-state index contributed by atoms with van der Waals surface area (Å²) in [4.78, 5) is 8.00. The molecule has 0 N–H and O–H groups in total. The average Bonchev–Trinajstić information content (AvgIpc) is 1.50. The summed E-state index contributed by atoms with van der Waals surface area (Å²) in [6, 6.07) is 0. The van der Waals surface area contributed by atoms with Gasteiger partial charge in [0.1, 0.15) is 6.79 Å². The van der Waals surface area contributed by atoms with Crippen LogP contribution in [-0.4, -0.2) is 6.79 Å². The van der Waals surface area contributed by atoms with Crippen LogP contribution in [0.1, 0.15) is 0 Å². The van der Waals surface area contributed by atoms with Crippen LogP contribution in [0.25, 0.3) is 0 Å². The molecule has 0 aliphatic rings. The Morgan fingerprint density at radius 3 is 1.25 bits per heavy atom. The molecule has 0 aliphatic heterocycles. The summed E-state index contributed by atoms with van der Waals surface area (Å²) in [5.41, 5.74) is 0. The summed E-state index contributed by atoms with van der Waals surface area (Å²) < 4.78 is 8.30. The first kappa shape index (κ1) is 8.88. The van der Waals surface area contributed by atoms with E-state index in [4.69, 9.17) is 8.04 Å². The van der Waals surface area contributed by atoms with E-state index in [9.17, 15) is 0 Å². The van der Waals surface area contributed by atoms with Crippen LogP contribution in [0.3, 0.4) is 0 Å². The fourth-order valence-corrected chi connectivity index (χ4v) is 0. The van der Waals surface area contributed by atoms with Crippen molar-refractivity contribution >= 4 is 6.79 Å². The summed E-state index contributed by atoms with van der Waals surface area (Å²) in [5, 5.41) is 0. The van der Waals surface area contributed by atoms with Crippen molar-refractivity contribution < 1.29 is 29.1 Å². The van der Waals surface area contributed by atoms with Crippen molar-refractivity contribution in [3.63, 3.8) is 0 Å². The second-order valence-corrected chi connectivity index (χ2v) is 0. The van der Waals surface area contributed by atoms with Gasteiger partial charge in [-0.1, -0.05) is 0 Å². The van der Waals surface area contributed by atoms with Crippen LogP contribution in [0, 0.1) is 0 Å². The van der Waals surface area contributed by atoms with E-state index in [1.54, 1.807) is 0 Å². The minimum atomic E-state index is 0.500. The van der Waals surface area contributed by atoms with Gasteiger partial charge in [0, 0.05) is 0 Å². The van der Waals surface area contributed by atoms with Crippen molar-refractivity contribution in [2.24, 2.45) is 0 Å². The van der Waals surface area contributed by atoms with Gasteiger partial charge in [-0.15, -0.1) is 0 Å². The van der Waals surface area contributed by atoms with Crippen LogP contribution in [-0.2, 0) is 29.1 Å². The topological polar surface area (TPSA) is 34.1 Å². The second-order valence-electron chi connectivity index (χ2n) is 0. The van der Waals surface area contributed by atoms with Crippen LogP contribution in [0.15, 0.2) is 0 Å². The molecule has 0 rings (SSSR count). The Labute approximate surface area is 36.4 Å². The summed E-state index contributed by atoms with van der Waals surface area (Å²) in [5.74, 6) is 0. The van der Waals surface area contributed by atoms with Crippen LogP contribution < -0.4 is 0 Å². The molecule has 0 fully saturated rings. The van der Waals surface area contributed by atoms with E-state index in [1.807, 2.05) is 6.79 Å². The third kappa shape index (κ3) is 73.2. The van der Waals surface area contributed by atoms with E-state index in [-0.39, 0.29) is 0 Å². The molecular weight excluding hydrogens is 137 g/mol. The van der Waals surface area contributed by atoms with Gasteiger partial charge in [-0.3, -0.25) is 0 Å². The van der Waals surface area contributed by atoms with Gasteiger partial charge < -0.3 is 4.79 Å². The molecule has 0 spiro atoms. The Bertz CT molecular complexity index is 8.00. The molecule has 0 aliphatic carbocycles. The zero-order valence-corrected chi connectivity index (χ0v) is 4.17. The third-order valence-electron chi connectivity index (χ3n) is 0. The number of carbonyl (C=O) groups excluding carboxylic acids is 1. The summed E-state index contributed by atoms with van der Waals surface area (Å²) in [7, 11) is 0. The number of hydrogen-bond donors (Lipinski definition) is 0. The molecular formula is CH2NbO2. The summed E-state index contributed by atoms with van der Waals surface area (Å²) >= 11 is 0.500. The van der Waals surface area contributed by atoms with Gasteiger partial charge in [0.15, 0.2) is 0 Å². The quantitative estimate of drug-likeness (QED) is 0.431. The molecule has 3 heteroatoms. The van der Waals surface area contributed by atoms with E-state index >= 15 is 0 Å². The average molecular weight is 139 g/mol. The summed E-state index contributed by atoms with van der Waals surface area (Å²) in [6.07, 6.45) is 0. The Morgan fingerprint density at radius 1 is 1.25 bits per heavy atom. The minimum absolute atomic E-state index is 0.500. The standard InChI is InChI=1S/CH2O.Nb.O/c1-2;;/h1H2;;. The van der Waals surface area contributed by atoms with Crippen LogP contribution >= 0.6 is 0 Å². The predicted molar refractivity (Wildman–Crippen MR) is 7.81 cm³/mol. The molecule has 0 aromatic carbocycles. The maximum atomic E-state index is 8.30. The van der Waals surface area contributed by atoms with Crippen LogP contribution in [0.5, 0.6) is 0 Å². The molecule has 0 saturated carbocycles. The molecule has 0 atom stereocenters. The van der Waals surface area contributed by atoms with Crippen molar-refractivity contribution in [2.45, 2.75) is 0 Å². The fourth-order valence-electron chi connectivity index (χ4n) is 0. The molecule has 0 aromatic rings. The van der Waals surface area contributed by atoms with Crippen molar-refractivity contribution in [3.8, 4) is 0 Å². The second kappa shape index (κ2) is 355. The van der Waals surface area contributed by atoms with E-state index in [0.29, 0.717) is 21.0 Å². The van der Waals surface area contributed by atoms with E-state index in [1.165, 1.54) is 0 Å².